The van der Waals surface area contributed by atoms with Crippen molar-refractivity contribution in [2.75, 3.05) is 71.2 Å². The number of nitrogens with one attached hydrogen (secondary N) is 8. The summed E-state index contributed by atoms with van der Waals surface area (Å²) in [6, 6.07) is 54.0. The van der Waals surface area contributed by atoms with Crippen molar-refractivity contribution >= 4 is 67.1 Å². The lowest BCUT2D eigenvalue weighted by Crippen LogP contribution is -2.24. The molecule has 0 radical (unpaired) electrons. The van der Waals surface area contributed by atoms with Crippen molar-refractivity contribution in [3.63, 3.8) is 0 Å². The lowest BCUT2D eigenvalue weighted by atomic mass is 9.81. The highest BCUT2D eigenvalue weighted by Gasteiger charge is 2.28. The Morgan fingerprint density at radius 1 is 0.256 bits per heavy atom. The maximum Gasteiger partial charge on any atom is 0.0931 e. The van der Waals surface area contributed by atoms with Gasteiger partial charge >= 0.3 is 0 Å². The van der Waals surface area contributed by atoms with E-state index in [9.17, 15) is 0 Å². The molecule has 0 unspecified atom stereocenters. The van der Waals surface area contributed by atoms with Crippen LogP contribution >= 0.6 is 0 Å². The van der Waals surface area contributed by atoms with Crippen LogP contribution in [0.25, 0.3) is 33.0 Å². The summed E-state index contributed by atoms with van der Waals surface area (Å²) in [6.45, 7) is 60.5. The summed E-state index contributed by atoms with van der Waals surface area (Å²) in [4.78, 5) is 19.4. The molecule has 0 aliphatic carbocycles. The van der Waals surface area contributed by atoms with Gasteiger partial charge in [0.2, 0.25) is 0 Å². The largest absolute Gasteiger partial charge is 0.385 e. The van der Waals surface area contributed by atoms with Crippen LogP contribution < -0.4 is 31.9 Å². The molecule has 0 fully saturated rings. The standard InChI is InChI=1S/2C13H19N.C12H18N2.C12H14N2.C12H17N.C12H15N.C12H17N.C11H14N2.9CH4/c1-13(2,3)11-7-4-8-12-10(11)6-5-9-14-12;1-13(2,3)11-8-4-6-10-7-5-9-14-12(10)11;2*1-12(2,3)9-5-4-6-10-11(9)14-8-7-13-10;2*1-12(2,3)10-5-4-6-11-9(10)7-8-13-11;1-12(2,3)10-6-4-5-9-7-8-13-11(9)10;1-11(2,3)8-5-4-6-9-10(8)13-7-12-9;;;;;;;;;/h4,7-8,14H,5-6,9H2,1-3H3;4,6,8,14H,5,7,9H2,1-3H3;4-6,13-14H,7-8H2,1-3H3;4-8H,1-3H3;4-6,13H,7-8H2,1-3H3;4-8,13H,1-3H3;4-6,13H,7-8H2,1-3H3;4-7H,1-3H3,(H,12,13);9*1H4. The number of nitrogens with zero attached hydrogens (tertiary/aromatic N) is 3. The molecular formula is C106H169N11. The van der Waals surface area contributed by atoms with E-state index < -0.39 is 0 Å². The molecule has 11 nitrogen and oxygen atoms in total. The molecule has 0 saturated carbocycles. The third-order valence-electron chi connectivity index (χ3n) is 20.7. The number of aromatic amines is 2. The number of para-hydroxylation sites is 5. The predicted molar refractivity (Wildman–Crippen MR) is 531 cm³/mol. The lowest BCUT2D eigenvalue weighted by molar-refractivity contribution is 0.579. The van der Waals surface area contributed by atoms with Crippen molar-refractivity contribution in [3.8, 4) is 0 Å². The minimum atomic E-state index is 0. The van der Waals surface area contributed by atoms with Crippen molar-refractivity contribution in [2.24, 2.45) is 0 Å². The highest BCUT2D eigenvalue weighted by Crippen LogP contribution is 2.40. The first-order valence-corrected chi connectivity index (χ1v) is 40.0. The van der Waals surface area contributed by atoms with E-state index in [1.807, 2.05) is 18.3 Å². The van der Waals surface area contributed by atoms with Crippen LogP contribution in [-0.2, 0) is 69.0 Å². The molecule has 0 atom stereocenters. The molecule has 8 heterocycles. The second-order valence-electron chi connectivity index (χ2n) is 37.9. The predicted octanol–water partition coefficient (Wildman–Crippen LogP) is 30.4. The normalized spacial score (nSPS) is 13.2. The Hall–Kier alpha value is -9.09. The second-order valence-corrected chi connectivity index (χ2v) is 37.9. The van der Waals surface area contributed by atoms with Gasteiger partial charge in [0.1, 0.15) is 0 Å². The van der Waals surface area contributed by atoms with Gasteiger partial charge in [0.25, 0.3) is 0 Å². The molecule has 3 aromatic heterocycles. The molecule has 16 rings (SSSR count). The second kappa shape index (κ2) is 45.2. The SMILES string of the molecule is C.C.C.C.C.C.C.C.C.CC(C)(C)c1cccc2[nH]ccc12.CC(C)(C)c1cccc2[nH]cnc12.CC(C)(C)c1cccc2c1CCCN2.CC(C)(C)c1cccc2c1CCN2.CC(C)(C)c1cccc2c1NCC2.CC(C)(C)c1cccc2c1NCCC2.CC(C)(C)c1cccc2c1NCCN2.CC(C)(C)c1cccc2nccnc12. The number of hydrogen-bond acceptors (Lipinski definition) is 9. The van der Waals surface area contributed by atoms with Crippen LogP contribution in [0.1, 0.15) is 313 Å². The highest BCUT2D eigenvalue weighted by molar-refractivity contribution is 5.84. The van der Waals surface area contributed by atoms with Crippen LogP contribution in [-0.4, -0.2) is 64.2 Å². The number of imidazole rings is 1. The Bertz CT molecular complexity index is 4420. The number of H-pyrrole nitrogens is 2. The van der Waals surface area contributed by atoms with Crippen molar-refractivity contribution in [1.29, 1.82) is 0 Å². The first-order valence-electron chi connectivity index (χ1n) is 40.0. The van der Waals surface area contributed by atoms with Gasteiger partial charge in [-0.2, -0.15) is 0 Å². The zero-order valence-electron chi connectivity index (χ0n) is 70.6. The highest BCUT2D eigenvalue weighted by atomic mass is 15.0. The number of aromatic nitrogens is 5. The zero-order valence-corrected chi connectivity index (χ0v) is 70.6. The van der Waals surface area contributed by atoms with E-state index in [1.165, 1.54) is 150 Å². The van der Waals surface area contributed by atoms with E-state index in [2.05, 4.69) is 363 Å². The fraction of sp³-hybridized carbons (Fsp3) is 0.500. The van der Waals surface area contributed by atoms with Gasteiger partial charge in [-0.1, -0.05) is 342 Å². The molecule has 5 aliphatic heterocycles. The van der Waals surface area contributed by atoms with Gasteiger partial charge in [-0.15, -0.1) is 0 Å². The monoisotopic (exact) mass is 1600 g/mol. The maximum atomic E-state index is 4.39. The maximum absolute atomic E-state index is 4.39. The first-order chi connectivity index (χ1) is 50.7. The van der Waals surface area contributed by atoms with Gasteiger partial charge < -0.3 is 41.9 Å². The van der Waals surface area contributed by atoms with Gasteiger partial charge in [-0.3, -0.25) is 9.97 Å². The van der Waals surface area contributed by atoms with Crippen molar-refractivity contribution in [1.82, 2.24) is 24.9 Å². The Morgan fingerprint density at radius 2 is 0.615 bits per heavy atom. The van der Waals surface area contributed by atoms with Crippen molar-refractivity contribution in [3.05, 3.63) is 243 Å². The number of hydrogen-bond donors (Lipinski definition) is 8. The van der Waals surface area contributed by atoms with E-state index in [0.717, 1.165) is 61.3 Å². The molecule has 8 aromatic carbocycles. The van der Waals surface area contributed by atoms with Crippen LogP contribution in [0.2, 0.25) is 0 Å². The topological polar surface area (TPSA) is 142 Å². The van der Waals surface area contributed by atoms with Gasteiger partial charge in [0, 0.05) is 91.5 Å². The summed E-state index contributed by atoms with van der Waals surface area (Å²) in [6.07, 6.45) is 14.6. The van der Waals surface area contributed by atoms with E-state index in [0.29, 0.717) is 0 Å². The molecule has 0 spiro atoms. The van der Waals surface area contributed by atoms with Gasteiger partial charge in [-0.05, 0) is 191 Å². The quantitative estimate of drug-likeness (QED) is 0.0745. The molecule has 0 saturated heterocycles. The van der Waals surface area contributed by atoms with Gasteiger partial charge in [-0.25, -0.2) is 4.98 Å². The van der Waals surface area contributed by atoms with Gasteiger partial charge in [0.05, 0.1) is 39.8 Å². The summed E-state index contributed by atoms with van der Waals surface area (Å²) in [5.74, 6) is 0. The van der Waals surface area contributed by atoms with Crippen LogP contribution in [0.15, 0.2) is 177 Å². The molecule has 11 heteroatoms. The Kier molecular flexibility index (Phi) is 41.7. The zero-order chi connectivity index (χ0) is 78.6. The molecule has 0 amide bonds. The Morgan fingerprint density at radius 3 is 1.15 bits per heavy atom. The van der Waals surface area contributed by atoms with Gasteiger partial charge in [0.15, 0.2) is 0 Å². The molecule has 0 bridgehead atoms. The number of rotatable bonds is 0. The average molecular weight is 1600 g/mol. The third kappa shape index (κ3) is 28.6. The fourth-order valence-corrected chi connectivity index (χ4v) is 15.2. The molecular weight excluding hydrogens is 1430 g/mol. The third-order valence-corrected chi connectivity index (χ3v) is 20.7. The van der Waals surface area contributed by atoms with Crippen LogP contribution in [0, 0.1) is 0 Å². The molecule has 117 heavy (non-hydrogen) atoms. The molecule has 648 valence electrons. The number of benzene rings is 8. The van der Waals surface area contributed by atoms with Crippen molar-refractivity contribution in [2.45, 2.75) is 315 Å². The number of fused-ring (bicyclic) bond motifs is 8. The fourth-order valence-electron chi connectivity index (χ4n) is 15.2. The summed E-state index contributed by atoms with van der Waals surface area (Å²) in [7, 11) is 0. The molecule has 8 N–H and O–H groups in total. The van der Waals surface area contributed by atoms with Crippen LogP contribution in [0.4, 0.5) is 34.1 Å². The smallest absolute Gasteiger partial charge is 0.0931 e. The molecule has 5 aliphatic rings. The number of aryl methyl sites for hydroxylation is 1. The van der Waals surface area contributed by atoms with Crippen molar-refractivity contribution < 1.29 is 0 Å². The minimum Gasteiger partial charge on any atom is -0.385 e. The Balaban J connectivity index is 0.00000130. The number of anilines is 6. The Labute approximate surface area is 717 Å². The van der Waals surface area contributed by atoms with E-state index in [1.54, 1.807) is 18.7 Å². The van der Waals surface area contributed by atoms with Crippen LogP contribution in [0.5, 0.6) is 0 Å². The summed E-state index contributed by atoms with van der Waals surface area (Å²) < 4.78 is 0. The minimum absolute atomic E-state index is 0. The summed E-state index contributed by atoms with van der Waals surface area (Å²) in [5, 5.41) is 22.1. The first kappa shape index (κ1) is 108. The van der Waals surface area contributed by atoms with E-state index in [-0.39, 0.29) is 110 Å². The van der Waals surface area contributed by atoms with E-state index >= 15 is 0 Å². The average Bonchev–Trinajstić information content (AvgIpc) is 1.31. The summed E-state index contributed by atoms with van der Waals surface area (Å²) >= 11 is 0. The molecule has 11 aromatic rings. The lowest BCUT2D eigenvalue weighted by Gasteiger charge is -2.28. The van der Waals surface area contributed by atoms with Crippen LogP contribution in [0.3, 0.4) is 0 Å². The summed E-state index contributed by atoms with van der Waals surface area (Å²) in [5.41, 5.74) is 32.4. The van der Waals surface area contributed by atoms with E-state index in [4.69, 9.17) is 0 Å².